The van der Waals surface area contributed by atoms with Gasteiger partial charge in [-0.15, -0.1) is 0 Å². The summed E-state index contributed by atoms with van der Waals surface area (Å²) in [6, 6.07) is 22.3. The molecule has 0 fully saturated rings. The minimum absolute atomic E-state index is 0.0808. The number of carbonyl (C=O) groups excluding carboxylic acids is 3. The third-order valence-corrected chi connectivity index (χ3v) is 7.82. The van der Waals surface area contributed by atoms with Gasteiger partial charge in [0.1, 0.15) is 6.04 Å². The van der Waals surface area contributed by atoms with Crippen molar-refractivity contribution in [3.05, 3.63) is 101 Å². The molecule has 1 heterocycles. The highest BCUT2D eigenvalue weighted by atomic mass is 35.5. The fraction of sp³-hybridized carbons (Fsp3) is 0.219. The van der Waals surface area contributed by atoms with Crippen LogP contribution in [0.1, 0.15) is 28.4 Å². The molecule has 41 heavy (non-hydrogen) atoms. The fourth-order valence-corrected chi connectivity index (χ4v) is 5.26. The Kier molecular flexibility index (Phi) is 7.97. The molecule has 8 nitrogen and oxygen atoms in total. The molecule has 0 radical (unpaired) electrons. The van der Waals surface area contributed by atoms with Gasteiger partial charge in [-0.25, -0.2) is 0 Å². The summed E-state index contributed by atoms with van der Waals surface area (Å²) in [4.78, 5) is 44.5. The zero-order chi connectivity index (χ0) is 29.3. The number of hydrogen-bond donors (Lipinski definition) is 3. The van der Waals surface area contributed by atoms with Crippen LogP contribution in [0.25, 0.3) is 10.8 Å². The third-order valence-electron chi connectivity index (χ3n) is 7.58. The van der Waals surface area contributed by atoms with E-state index in [0.29, 0.717) is 27.6 Å². The van der Waals surface area contributed by atoms with Crippen LogP contribution in [0.5, 0.6) is 0 Å². The van der Waals surface area contributed by atoms with Gasteiger partial charge in [0.25, 0.3) is 11.8 Å². The largest absolute Gasteiger partial charge is 0.399 e. The maximum atomic E-state index is 14.3. The van der Waals surface area contributed by atoms with E-state index in [1.165, 1.54) is 4.90 Å². The summed E-state index contributed by atoms with van der Waals surface area (Å²) in [5.41, 5.74) is 9.78. The number of nitrogens with two attached hydrogens (primary N) is 1. The quantitative estimate of drug-likeness (QED) is 0.293. The molecule has 5 rings (SSSR count). The summed E-state index contributed by atoms with van der Waals surface area (Å²) >= 11 is 6.46. The molecule has 0 saturated heterocycles. The first-order chi connectivity index (χ1) is 19.7. The molecule has 0 bridgehead atoms. The van der Waals surface area contributed by atoms with Crippen LogP contribution in [0.4, 0.5) is 17.1 Å². The number of fused-ring (bicyclic) bond motifs is 2. The van der Waals surface area contributed by atoms with Crippen LogP contribution < -0.4 is 26.2 Å². The van der Waals surface area contributed by atoms with E-state index in [4.69, 9.17) is 17.3 Å². The van der Waals surface area contributed by atoms with E-state index in [-0.39, 0.29) is 30.8 Å². The Morgan fingerprint density at radius 3 is 2.49 bits per heavy atom. The Bertz CT molecular complexity index is 1640. The Labute approximate surface area is 244 Å². The minimum Gasteiger partial charge on any atom is -0.399 e. The highest BCUT2D eigenvalue weighted by molar-refractivity contribution is 6.31. The molecule has 2 atom stereocenters. The van der Waals surface area contributed by atoms with E-state index in [0.717, 1.165) is 21.9 Å². The lowest BCUT2D eigenvalue weighted by Crippen LogP contribution is -2.55. The molecule has 0 aliphatic carbocycles. The van der Waals surface area contributed by atoms with E-state index in [2.05, 4.69) is 16.7 Å². The van der Waals surface area contributed by atoms with E-state index >= 15 is 0 Å². The van der Waals surface area contributed by atoms with Crippen LogP contribution in [0.2, 0.25) is 5.02 Å². The van der Waals surface area contributed by atoms with Crippen molar-refractivity contribution in [3.8, 4) is 0 Å². The van der Waals surface area contributed by atoms with Gasteiger partial charge in [-0.1, -0.05) is 48.0 Å². The van der Waals surface area contributed by atoms with Crippen molar-refractivity contribution in [2.45, 2.75) is 32.5 Å². The second kappa shape index (κ2) is 11.6. The Hall–Kier alpha value is -4.40. The van der Waals surface area contributed by atoms with Gasteiger partial charge in [-0.05, 0) is 85.3 Å². The number of halogens is 1. The normalized spacial score (nSPS) is 15.8. The number of carbonyl (C=O) groups is 3. The summed E-state index contributed by atoms with van der Waals surface area (Å²) in [7, 11) is 1.67. The molecule has 9 heteroatoms. The van der Waals surface area contributed by atoms with E-state index in [9.17, 15) is 14.4 Å². The van der Waals surface area contributed by atoms with Crippen LogP contribution in [0.15, 0.2) is 78.9 Å². The summed E-state index contributed by atoms with van der Waals surface area (Å²) in [6.45, 7) is 3.87. The van der Waals surface area contributed by atoms with E-state index in [1.54, 1.807) is 61.3 Å². The molecular formula is C32H32ClN5O3. The molecular weight excluding hydrogens is 538 g/mol. The smallest absolute Gasteiger partial charge is 0.258 e. The Morgan fingerprint density at radius 1 is 1.02 bits per heavy atom. The second-order valence-corrected chi connectivity index (χ2v) is 10.7. The molecule has 2 unspecified atom stereocenters. The van der Waals surface area contributed by atoms with Gasteiger partial charge >= 0.3 is 0 Å². The van der Waals surface area contributed by atoms with Gasteiger partial charge in [-0.2, -0.15) is 0 Å². The number of nitrogens with zero attached hydrogens (tertiary/aromatic N) is 2. The molecule has 210 valence electrons. The lowest BCUT2D eigenvalue weighted by molar-refractivity contribution is -0.128. The molecule has 4 aromatic rings. The van der Waals surface area contributed by atoms with Crippen molar-refractivity contribution >= 4 is 57.2 Å². The summed E-state index contributed by atoms with van der Waals surface area (Å²) in [5.74, 6) is -1.02. The number of anilines is 3. The lowest BCUT2D eigenvalue weighted by atomic mass is 9.99. The molecule has 0 spiro atoms. The average molecular weight is 570 g/mol. The number of amides is 3. The van der Waals surface area contributed by atoms with Crippen LogP contribution in [-0.2, 0) is 16.1 Å². The van der Waals surface area contributed by atoms with Gasteiger partial charge in [0.15, 0.2) is 0 Å². The predicted octanol–water partition coefficient (Wildman–Crippen LogP) is 4.67. The first-order valence-corrected chi connectivity index (χ1v) is 13.8. The van der Waals surface area contributed by atoms with Gasteiger partial charge in [0.2, 0.25) is 5.91 Å². The zero-order valence-corrected chi connectivity index (χ0v) is 23.9. The first-order valence-electron chi connectivity index (χ1n) is 13.4. The van der Waals surface area contributed by atoms with Crippen molar-refractivity contribution in [1.29, 1.82) is 0 Å². The van der Waals surface area contributed by atoms with E-state index in [1.807, 2.05) is 37.3 Å². The third kappa shape index (κ3) is 5.62. The highest BCUT2D eigenvalue weighted by Gasteiger charge is 2.38. The maximum Gasteiger partial charge on any atom is 0.258 e. The second-order valence-electron chi connectivity index (χ2n) is 10.2. The zero-order valence-electron chi connectivity index (χ0n) is 23.1. The highest BCUT2D eigenvalue weighted by Crippen LogP contribution is 2.38. The van der Waals surface area contributed by atoms with Gasteiger partial charge in [-0.3, -0.25) is 14.4 Å². The van der Waals surface area contributed by atoms with Crippen LogP contribution >= 0.6 is 11.6 Å². The van der Waals surface area contributed by atoms with Crippen molar-refractivity contribution in [2.24, 2.45) is 0 Å². The summed E-state index contributed by atoms with van der Waals surface area (Å²) in [6.07, 6.45) is 0. The molecule has 4 aromatic carbocycles. The van der Waals surface area contributed by atoms with Crippen LogP contribution in [0, 0.1) is 6.92 Å². The number of nitrogen functional groups attached to an aromatic ring is 1. The minimum atomic E-state index is -1.02. The molecule has 1 aliphatic rings. The number of aryl methyl sites for hydroxylation is 1. The first kappa shape index (κ1) is 28.1. The number of hydrogen-bond acceptors (Lipinski definition) is 5. The standard InChI is InChI=1S/C32H32ClN5O3/c1-19-8-9-21-6-4-5-7-25(21)26(19)17-37-28-15-12-23(33)16-29(28)38(31(40)22-10-13-24(34)14-11-22)18-27(32(37)41)36-30(39)20(2)35-3/h4-16,20,27,35H,17-18,34H2,1-3H3,(H,36,39). The van der Waals surface area contributed by atoms with Crippen molar-refractivity contribution in [1.82, 2.24) is 10.6 Å². The average Bonchev–Trinajstić information content (AvgIpc) is 3.08. The number of rotatable bonds is 6. The predicted molar refractivity (Wildman–Crippen MR) is 164 cm³/mol. The van der Waals surface area contributed by atoms with Crippen molar-refractivity contribution in [3.63, 3.8) is 0 Å². The maximum absolute atomic E-state index is 14.3. The Balaban J connectivity index is 1.66. The van der Waals surface area contributed by atoms with Crippen molar-refractivity contribution < 1.29 is 14.4 Å². The number of likely N-dealkylation sites (N-methyl/N-ethyl adjacent to an activating group) is 1. The topological polar surface area (TPSA) is 108 Å². The van der Waals surface area contributed by atoms with Crippen LogP contribution in [0.3, 0.4) is 0 Å². The summed E-state index contributed by atoms with van der Waals surface area (Å²) < 4.78 is 0. The molecule has 3 amide bonds. The number of nitrogens with one attached hydrogen (secondary N) is 2. The van der Waals surface area contributed by atoms with Crippen molar-refractivity contribution in [2.75, 3.05) is 29.1 Å². The monoisotopic (exact) mass is 569 g/mol. The fourth-order valence-electron chi connectivity index (χ4n) is 5.09. The summed E-state index contributed by atoms with van der Waals surface area (Å²) in [5, 5.41) is 8.29. The molecule has 4 N–H and O–H groups in total. The molecule has 1 aliphatic heterocycles. The van der Waals surface area contributed by atoms with Gasteiger partial charge in [0.05, 0.1) is 30.5 Å². The molecule has 0 aromatic heterocycles. The number of benzene rings is 4. The lowest BCUT2D eigenvalue weighted by Gasteiger charge is -2.27. The Morgan fingerprint density at radius 2 is 1.76 bits per heavy atom. The van der Waals surface area contributed by atoms with Crippen LogP contribution in [-0.4, -0.2) is 43.4 Å². The SMILES string of the molecule is CNC(C)C(=O)NC1CN(C(=O)c2ccc(N)cc2)c2cc(Cl)ccc2N(Cc2c(C)ccc3ccccc23)C1=O. The van der Waals surface area contributed by atoms with Gasteiger partial charge in [0, 0.05) is 16.3 Å². The molecule has 0 saturated carbocycles. The van der Waals surface area contributed by atoms with Gasteiger partial charge < -0.3 is 26.2 Å². The van der Waals surface area contributed by atoms with E-state index < -0.39 is 12.1 Å².